The molecule has 2 aliphatic rings. The first-order chi connectivity index (χ1) is 32.1. The number of ether oxygens (including phenoxy) is 2. The summed E-state index contributed by atoms with van der Waals surface area (Å²) < 4.78 is 11.5. The van der Waals surface area contributed by atoms with Crippen LogP contribution in [0.25, 0.3) is 33.6 Å². The van der Waals surface area contributed by atoms with E-state index < -0.39 is 35.2 Å². The lowest BCUT2D eigenvalue weighted by atomic mass is 9.96. The van der Waals surface area contributed by atoms with Crippen LogP contribution < -0.4 is 0 Å². The summed E-state index contributed by atoms with van der Waals surface area (Å²) in [5, 5.41) is 0. The Hall–Kier alpha value is -7.02. The average Bonchev–Trinajstić information content (AvgIpc) is 4.15. The van der Waals surface area contributed by atoms with E-state index in [4.69, 9.17) is 19.4 Å². The third kappa shape index (κ3) is 10.5. The van der Waals surface area contributed by atoms with Crippen LogP contribution in [0.15, 0.2) is 122 Å². The van der Waals surface area contributed by atoms with Crippen molar-refractivity contribution in [2.24, 2.45) is 0 Å². The molecule has 0 bridgehead atoms. The highest BCUT2D eigenvalue weighted by Crippen LogP contribution is 2.38. The third-order valence-electron chi connectivity index (χ3n) is 12.3. The zero-order valence-corrected chi connectivity index (χ0v) is 39.5. The number of likely N-dealkylation sites (N-methyl/N-ethyl adjacent to an activating group) is 1. The molecule has 0 radical (unpaired) electrons. The van der Waals surface area contributed by atoms with Crippen LogP contribution in [0, 0.1) is 0 Å². The molecule has 2 fully saturated rings. The van der Waals surface area contributed by atoms with E-state index in [0.29, 0.717) is 36.8 Å². The number of imidazole rings is 2. The summed E-state index contributed by atoms with van der Waals surface area (Å²) in [4.78, 5) is 77.3. The van der Waals surface area contributed by atoms with E-state index in [1.165, 1.54) is 4.90 Å². The minimum Gasteiger partial charge on any atom is -0.459 e. The van der Waals surface area contributed by atoms with Crippen LogP contribution in [0.5, 0.6) is 0 Å². The summed E-state index contributed by atoms with van der Waals surface area (Å²) in [6, 6.07) is 33.7. The van der Waals surface area contributed by atoms with Gasteiger partial charge >= 0.3 is 12.1 Å². The number of likely N-dealkylation sites (tertiary alicyclic amines) is 2. The SMILES string of the molecule is CCN(C(=O)OC(C)(C)C)[C@@H](C(=O)N1CCCC1c1ncc(-c2ccc(-c3ccc(-c4cnc([C@@H]5CCCN5C(=O)C(C(=O)OC(C)(C)C)c5ccccc5)[nH]4)cc3)cc2)[nH]1)c1ccccc1. The highest BCUT2D eigenvalue weighted by Gasteiger charge is 2.42. The smallest absolute Gasteiger partial charge is 0.411 e. The van der Waals surface area contributed by atoms with E-state index in [9.17, 15) is 19.2 Å². The van der Waals surface area contributed by atoms with Crippen molar-refractivity contribution >= 4 is 23.9 Å². The molecule has 67 heavy (non-hydrogen) atoms. The number of rotatable bonds is 12. The fraction of sp³-hybridized carbons (Fsp3) is 0.370. The summed E-state index contributed by atoms with van der Waals surface area (Å²) in [7, 11) is 0. The minimum absolute atomic E-state index is 0.163. The molecule has 4 atom stereocenters. The van der Waals surface area contributed by atoms with E-state index in [1.54, 1.807) is 44.0 Å². The minimum atomic E-state index is -1.07. The highest BCUT2D eigenvalue weighted by molar-refractivity contribution is 6.03. The molecular formula is C54H61N7O6. The van der Waals surface area contributed by atoms with Gasteiger partial charge < -0.3 is 29.2 Å². The van der Waals surface area contributed by atoms with Crippen molar-refractivity contribution in [3.63, 3.8) is 0 Å². The fourth-order valence-electron chi connectivity index (χ4n) is 9.16. The number of nitrogens with one attached hydrogen (secondary N) is 2. The van der Waals surface area contributed by atoms with Gasteiger partial charge in [-0.25, -0.2) is 14.8 Å². The Bertz CT molecular complexity index is 2660. The summed E-state index contributed by atoms with van der Waals surface area (Å²) in [6.45, 7) is 14.1. The first-order valence-electron chi connectivity index (χ1n) is 23.3. The normalized spacial score (nSPS) is 17.2. The van der Waals surface area contributed by atoms with Crippen LogP contribution in [-0.2, 0) is 23.9 Å². The second-order valence-electron chi connectivity index (χ2n) is 19.4. The van der Waals surface area contributed by atoms with Gasteiger partial charge in [0.05, 0.1) is 35.9 Å². The molecule has 0 spiro atoms. The Morgan fingerprint density at radius 2 is 1.04 bits per heavy atom. The van der Waals surface area contributed by atoms with Crippen LogP contribution in [0.3, 0.4) is 0 Å². The molecule has 4 heterocycles. The van der Waals surface area contributed by atoms with Gasteiger partial charge in [-0.3, -0.25) is 19.3 Å². The first-order valence-corrected chi connectivity index (χ1v) is 23.3. The molecule has 348 valence electrons. The second kappa shape index (κ2) is 19.4. The molecule has 4 aromatic carbocycles. The molecule has 13 nitrogen and oxygen atoms in total. The predicted octanol–water partition coefficient (Wildman–Crippen LogP) is 10.6. The molecule has 13 heteroatoms. The molecule has 3 amide bonds. The van der Waals surface area contributed by atoms with Crippen LogP contribution in [-0.4, -0.2) is 89.3 Å². The van der Waals surface area contributed by atoms with Crippen molar-refractivity contribution in [2.75, 3.05) is 19.6 Å². The maximum absolute atomic E-state index is 14.6. The van der Waals surface area contributed by atoms with Crippen LogP contribution in [0.4, 0.5) is 4.79 Å². The van der Waals surface area contributed by atoms with Gasteiger partial charge in [-0.05, 0) is 108 Å². The number of benzene rings is 4. The maximum Gasteiger partial charge on any atom is 0.411 e. The van der Waals surface area contributed by atoms with Crippen molar-refractivity contribution in [1.29, 1.82) is 0 Å². The van der Waals surface area contributed by atoms with Crippen molar-refractivity contribution in [3.05, 3.63) is 144 Å². The lowest BCUT2D eigenvalue weighted by molar-refractivity contribution is -0.161. The summed E-state index contributed by atoms with van der Waals surface area (Å²) >= 11 is 0. The molecule has 2 aliphatic heterocycles. The maximum atomic E-state index is 14.6. The lowest BCUT2D eigenvalue weighted by Gasteiger charge is -2.35. The molecule has 0 aliphatic carbocycles. The van der Waals surface area contributed by atoms with Gasteiger partial charge in [0.2, 0.25) is 5.91 Å². The van der Waals surface area contributed by atoms with E-state index in [-0.39, 0.29) is 23.9 Å². The number of aromatic amines is 2. The van der Waals surface area contributed by atoms with Crippen molar-refractivity contribution in [3.8, 4) is 33.6 Å². The van der Waals surface area contributed by atoms with Gasteiger partial charge in [0, 0.05) is 19.6 Å². The van der Waals surface area contributed by atoms with Gasteiger partial charge in [0.1, 0.15) is 28.9 Å². The Kier molecular flexibility index (Phi) is 13.5. The summed E-state index contributed by atoms with van der Waals surface area (Å²) in [5.41, 5.74) is 5.57. The van der Waals surface area contributed by atoms with Gasteiger partial charge in [0.25, 0.3) is 5.91 Å². The van der Waals surface area contributed by atoms with Crippen LogP contribution >= 0.6 is 0 Å². The highest BCUT2D eigenvalue weighted by atomic mass is 16.6. The van der Waals surface area contributed by atoms with E-state index in [0.717, 1.165) is 64.9 Å². The van der Waals surface area contributed by atoms with Gasteiger partial charge in [-0.15, -0.1) is 0 Å². The Labute approximate surface area is 392 Å². The first kappa shape index (κ1) is 46.5. The largest absolute Gasteiger partial charge is 0.459 e. The third-order valence-corrected chi connectivity index (χ3v) is 12.3. The van der Waals surface area contributed by atoms with E-state index >= 15 is 0 Å². The van der Waals surface area contributed by atoms with Crippen molar-refractivity contribution in [2.45, 2.75) is 109 Å². The van der Waals surface area contributed by atoms with Crippen LogP contribution in [0.1, 0.15) is 121 Å². The summed E-state index contributed by atoms with van der Waals surface area (Å²) in [6.07, 6.45) is 6.17. The number of carbonyl (C=O) groups is 4. The number of esters is 1. The quantitative estimate of drug-likeness (QED) is 0.0909. The molecule has 2 saturated heterocycles. The number of carbonyl (C=O) groups excluding carboxylic acids is 4. The standard InChI is InChI=1S/C54H61N7O6/c1-8-59(52(65)67-54(5,6)7)46(40-19-13-10-14-20-40)50(63)61-32-16-22-44(61)48-56-34-42(58-48)38-29-25-36(26-30-38)35-23-27-37(28-24-35)41-33-55-47(57-41)43-21-15-31-60(43)49(62)45(39-17-11-9-12-18-39)51(64)66-53(2,3)4/h9-14,17-20,23-30,33-34,43-46H,8,15-16,21-22,31-32H2,1-7H3,(H,55,57)(H,56,58)/t43-,44?,45?,46+/m0/s1. The second-order valence-corrected chi connectivity index (χ2v) is 19.4. The number of hydrogen-bond acceptors (Lipinski definition) is 8. The zero-order chi connectivity index (χ0) is 47.5. The number of aromatic nitrogens is 4. The number of nitrogens with zero attached hydrogens (tertiary/aromatic N) is 5. The Morgan fingerprint density at radius 3 is 1.49 bits per heavy atom. The number of H-pyrrole nitrogens is 2. The monoisotopic (exact) mass is 903 g/mol. The zero-order valence-electron chi connectivity index (χ0n) is 39.5. The molecule has 6 aromatic rings. The molecule has 2 unspecified atom stereocenters. The van der Waals surface area contributed by atoms with Gasteiger partial charge in [-0.1, -0.05) is 109 Å². The van der Waals surface area contributed by atoms with Crippen molar-refractivity contribution < 1.29 is 28.7 Å². The average molecular weight is 904 g/mol. The lowest BCUT2D eigenvalue weighted by Crippen LogP contribution is -2.47. The van der Waals surface area contributed by atoms with Gasteiger partial charge in [0.15, 0.2) is 5.92 Å². The molecule has 2 N–H and O–H groups in total. The van der Waals surface area contributed by atoms with Crippen molar-refractivity contribution in [1.82, 2.24) is 34.6 Å². The summed E-state index contributed by atoms with van der Waals surface area (Å²) in [5.74, 6) is -0.686. The Morgan fingerprint density at radius 1 is 0.612 bits per heavy atom. The number of amides is 3. The predicted molar refractivity (Wildman–Crippen MR) is 257 cm³/mol. The number of hydrogen-bond donors (Lipinski definition) is 2. The topological polar surface area (TPSA) is 154 Å². The molecule has 8 rings (SSSR count). The molecular weight excluding hydrogens is 843 g/mol. The Balaban J connectivity index is 0.940. The molecule has 2 aromatic heterocycles. The van der Waals surface area contributed by atoms with E-state index in [2.05, 4.69) is 58.5 Å². The van der Waals surface area contributed by atoms with Gasteiger partial charge in [-0.2, -0.15) is 0 Å². The van der Waals surface area contributed by atoms with Crippen LogP contribution in [0.2, 0.25) is 0 Å². The fourth-order valence-corrected chi connectivity index (χ4v) is 9.16. The molecule has 0 saturated carbocycles. The van der Waals surface area contributed by atoms with E-state index in [1.807, 2.05) is 87.3 Å².